The number of fused-ring (bicyclic) bond motifs is 3. The Balaban J connectivity index is 1.55. The van der Waals surface area contributed by atoms with Crippen molar-refractivity contribution in [2.45, 2.75) is 32.8 Å². The lowest BCUT2D eigenvalue weighted by Gasteiger charge is -2.43. The summed E-state index contributed by atoms with van der Waals surface area (Å²) in [6.45, 7) is 3.97. The zero-order valence-corrected chi connectivity index (χ0v) is 19.3. The molecule has 2 aliphatic heterocycles. The first-order valence-corrected chi connectivity index (χ1v) is 11.6. The van der Waals surface area contributed by atoms with Crippen molar-refractivity contribution in [3.05, 3.63) is 75.3 Å². The normalized spacial score (nSPS) is 26.3. The van der Waals surface area contributed by atoms with Gasteiger partial charge in [0.1, 0.15) is 5.75 Å². The molecule has 2 saturated heterocycles. The van der Waals surface area contributed by atoms with E-state index in [-0.39, 0.29) is 28.9 Å². The van der Waals surface area contributed by atoms with Gasteiger partial charge in [0.2, 0.25) is 11.8 Å². The van der Waals surface area contributed by atoms with E-state index in [0.717, 1.165) is 16.0 Å². The highest BCUT2D eigenvalue weighted by atomic mass is 16.6. The molecule has 2 fully saturated rings. The highest BCUT2D eigenvalue weighted by Gasteiger charge is 2.58. The summed E-state index contributed by atoms with van der Waals surface area (Å²) in [5.74, 6) is -2.38. The molecule has 35 heavy (non-hydrogen) atoms. The Hall–Kier alpha value is -3.50. The number of anilines is 1. The Morgan fingerprint density at radius 1 is 1.11 bits per heavy atom. The van der Waals surface area contributed by atoms with Crippen LogP contribution >= 0.6 is 0 Å². The Labute approximate surface area is 202 Å². The number of nitrogens with zero attached hydrogens (tertiary/aromatic N) is 2. The molecule has 2 heterocycles. The van der Waals surface area contributed by atoms with Crippen LogP contribution in [0.3, 0.4) is 0 Å². The number of imide groups is 1. The fourth-order valence-corrected chi connectivity index (χ4v) is 5.81. The predicted octanol–water partition coefficient (Wildman–Crippen LogP) is 3.56. The van der Waals surface area contributed by atoms with Crippen molar-refractivity contribution in [3.8, 4) is 5.75 Å². The number of carbonyl (C=O) groups excluding carboxylic acids is 2. The van der Waals surface area contributed by atoms with Crippen LogP contribution in [-0.4, -0.2) is 34.0 Å². The zero-order valence-electron chi connectivity index (χ0n) is 19.3. The molecule has 2 aromatic carbocycles. The third-order valence-electron chi connectivity index (χ3n) is 7.41. The quantitative estimate of drug-likeness (QED) is 0.299. The van der Waals surface area contributed by atoms with Crippen LogP contribution in [0.15, 0.2) is 59.6 Å². The monoisotopic (exact) mass is 476 g/mol. The van der Waals surface area contributed by atoms with Gasteiger partial charge < -0.3 is 14.8 Å². The number of nitro groups is 1. The van der Waals surface area contributed by atoms with E-state index in [1.807, 2.05) is 13.8 Å². The maximum absolute atomic E-state index is 13.7. The van der Waals surface area contributed by atoms with Gasteiger partial charge in [0.25, 0.3) is 5.69 Å². The molecule has 5 rings (SSSR count). The third kappa shape index (κ3) is 3.82. The number of benzene rings is 2. The molecule has 0 saturated carbocycles. The number of nitro benzene ring substituents is 1. The maximum atomic E-state index is 13.7. The molecular weight excluding hydrogens is 451 g/mol. The zero-order chi connectivity index (χ0) is 25.0. The SMILES string of the molecule is CC(C)C1=C2B(O)O[C@H](c3ccc(O)cc3)C[C@H]2[C@H]2C(=O)N(c3cccc([N+](=O)[O-])c3)C(=O)[C@H]2C1. The molecule has 0 spiro atoms. The molecule has 3 aliphatic rings. The van der Waals surface area contributed by atoms with Gasteiger partial charge in [-0.15, -0.1) is 0 Å². The van der Waals surface area contributed by atoms with E-state index in [0.29, 0.717) is 18.3 Å². The number of allylic oxidation sites excluding steroid dienone is 2. The van der Waals surface area contributed by atoms with Crippen LogP contribution in [-0.2, 0) is 14.2 Å². The number of hydrogen-bond donors (Lipinski definition) is 2. The molecule has 2 aromatic rings. The first-order chi connectivity index (χ1) is 16.7. The molecule has 0 radical (unpaired) electrons. The Morgan fingerprint density at radius 2 is 1.83 bits per heavy atom. The van der Waals surface area contributed by atoms with Crippen molar-refractivity contribution >= 4 is 30.3 Å². The van der Waals surface area contributed by atoms with Gasteiger partial charge in [-0.2, -0.15) is 0 Å². The average Bonchev–Trinajstić information content (AvgIpc) is 3.08. The van der Waals surface area contributed by atoms with Crippen LogP contribution in [0.5, 0.6) is 5.75 Å². The lowest BCUT2D eigenvalue weighted by molar-refractivity contribution is -0.384. The minimum absolute atomic E-state index is 0.0340. The third-order valence-corrected chi connectivity index (χ3v) is 7.41. The first kappa shape index (κ1) is 23.3. The van der Waals surface area contributed by atoms with Crippen LogP contribution in [0, 0.1) is 33.8 Å². The number of rotatable bonds is 4. The minimum Gasteiger partial charge on any atom is -0.508 e. The second-order valence-electron chi connectivity index (χ2n) is 9.67. The second-order valence-corrected chi connectivity index (χ2v) is 9.67. The van der Waals surface area contributed by atoms with Crippen LogP contribution in [0.1, 0.15) is 38.4 Å². The van der Waals surface area contributed by atoms with Gasteiger partial charge in [0.15, 0.2) is 0 Å². The van der Waals surface area contributed by atoms with Crippen LogP contribution < -0.4 is 4.90 Å². The van der Waals surface area contributed by atoms with E-state index < -0.39 is 41.8 Å². The van der Waals surface area contributed by atoms with Gasteiger partial charge in [0.05, 0.1) is 28.6 Å². The molecule has 1 aliphatic carbocycles. The van der Waals surface area contributed by atoms with Crippen molar-refractivity contribution in [2.75, 3.05) is 4.90 Å². The standard InChI is InChI=1S/C25H25BN2O7/c1-13(2)18-11-20-22(25(31)27(24(20)30)15-4-3-5-16(10-15)28(33)34)19-12-21(35-26(32)23(18)19)14-6-8-17(29)9-7-14/h3-10,13,19-22,29,32H,11-12H2,1-2H3/t19-,20-,21-,22+/m0/s1. The van der Waals surface area contributed by atoms with E-state index in [4.69, 9.17) is 4.65 Å². The summed E-state index contributed by atoms with van der Waals surface area (Å²) >= 11 is 0. The summed E-state index contributed by atoms with van der Waals surface area (Å²) in [6.07, 6.45) is 0.187. The highest BCUT2D eigenvalue weighted by Crippen LogP contribution is 2.53. The Kier molecular flexibility index (Phi) is 5.73. The molecule has 2 amide bonds. The highest BCUT2D eigenvalue weighted by molar-refractivity contribution is 6.53. The van der Waals surface area contributed by atoms with Gasteiger partial charge in [0, 0.05) is 12.1 Å². The molecule has 180 valence electrons. The van der Waals surface area contributed by atoms with Gasteiger partial charge in [-0.25, -0.2) is 4.90 Å². The molecule has 0 aromatic heterocycles. The number of carbonyl (C=O) groups is 2. The van der Waals surface area contributed by atoms with E-state index in [2.05, 4.69) is 0 Å². The number of aromatic hydroxyl groups is 1. The Morgan fingerprint density at radius 3 is 2.49 bits per heavy atom. The van der Waals surface area contributed by atoms with Crippen molar-refractivity contribution in [1.29, 1.82) is 0 Å². The summed E-state index contributed by atoms with van der Waals surface area (Å²) in [5.41, 5.74) is 2.31. The fourth-order valence-electron chi connectivity index (χ4n) is 5.81. The molecule has 2 N–H and O–H groups in total. The van der Waals surface area contributed by atoms with Gasteiger partial charge in [-0.3, -0.25) is 19.7 Å². The minimum atomic E-state index is -1.22. The molecule has 0 bridgehead atoms. The van der Waals surface area contributed by atoms with E-state index in [9.17, 15) is 29.8 Å². The molecule has 0 unspecified atom stereocenters. The van der Waals surface area contributed by atoms with E-state index in [1.165, 1.54) is 36.4 Å². The number of non-ortho nitro benzene ring substituents is 1. The first-order valence-electron chi connectivity index (χ1n) is 11.6. The summed E-state index contributed by atoms with van der Waals surface area (Å²) in [4.78, 5) is 39.0. The number of phenols is 1. The predicted molar refractivity (Wildman–Crippen MR) is 127 cm³/mol. The Bertz CT molecular complexity index is 1240. The van der Waals surface area contributed by atoms with Crippen molar-refractivity contribution in [1.82, 2.24) is 0 Å². The van der Waals surface area contributed by atoms with Crippen molar-refractivity contribution in [2.24, 2.45) is 23.7 Å². The van der Waals surface area contributed by atoms with Crippen molar-refractivity contribution in [3.63, 3.8) is 0 Å². The van der Waals surface area contributed by atoms with E-state index in [1.54, 1.807) is 12.1 Å². The largest absolute Gasteiger partial charge is 0.508 e. The molecule has 9 nitrogen and oxygen atoms in total. The molecule has 4 atom stereocenters. The van der Waals surface area contributed by atoms with Crippen LogP contribution in [0.4, 0.5) is 11.4 Å². The van der Waals surface area contributed by atoms with E-state index >= 15 is 0 Å². The number of phenolic OH excluding ortho intramolecular Hbond substituents is 1. The number of hydrogen-bond acceptors (Lipinski definition) is 7. The van der Waals surface area contributed by atoms with Gasteiger partial charge in [-0.1, -0.05) is 37.6 Å². The van der Waals surface area contributed by atoms with Crippen molar-refractivity contribution < 1.29 is 29.3 Å². The number of amides is 2. The second kappa shape index (κ2) is 8.62. The van der Waals surface area contributed by atoms with Crippen LogP contribution in [0.25, 0.3) is 0 Å². The summed E-state index contributed by atoms with van der Waals surface area (Å²) in [5, 5.41) is 32.0. The van der Waals surface area contributed by atoms with Crippen LogP contribution in [0.2, 0.25) is 0 Å². The topological polar surface area (TPSA) is 130 Å². The lowest BCUT2D eigenvalue weighted by atomic mass is 9.54. The van der Waals surface area contributed by atoms with Gasteiger partial charge >= 0.3 is 7.12 Å². The molecular formula is C25H25BN2O7. The summed E-state index contributed by atoms with van der Waals surface area (Å²) in [7, 11) is -1.22. The molecule has 10 heteroatoms. The smallest absolute Gasteiger partial charge is 0.487 e. The lowest BCUT2D eigenvalue weighted by Crippen LogP contribution is -2.45. The fraction of sp³-hybridized carbons (Fsp3) is 0.360. The maximum Gasteiger partial charge on any atom is 0.487 e. The van der Waals surface area contributed by atoms with Gasteiger partial charge in [-0.05, 0) is 53.9 Å². The average molecular weight is 476 g/mol. The summed E-state index contributed by atoms with van der Waals surface area (Å²) < 4.78 is 5.96. The summed E-state index contributed by atoms with van der Waals surface area (Å²) in [6, 6.07) is 12.0.